The zero-order valence-corrected chi connectivity index (χ0v) is 17.6. The van der Waals surface area contributed by atoms with Crippen LogP contribution in [-0.4, -0.2) is 43.7 Å². The Kier molecular flexibility index (Phi) is 6.21. The summed E-state index contributed by atoms with van der Waals surface area (Å²) in [6.45, 7) is 1.64. The summed E-state index contributed by atoms with van der Waals surface area (Å²) in [7, 11) is 0. The van der Waals surface area contributed by atoms with Crippen molar-refractivity contribution in [1.82, 2.24) is 10.6 Å². The third kappa shape index (κ3) is 4.09. The van der Waals surface area contributed by atoms with Crippen LogP contribution in [0.2, 0.25) is 0 Å². The van der Waals surface area contributed by atoms with Crippen molar-refractivity contribution >= 4 is 11.8 Å². The molecule has 7 nitrogen and oxygen atoms in total. The number of halogens is 1. The van der Waals surface area contributed by atoms with Crippen LogP contribution < -0.4 is 16.4 Å². The standard InChI is InChI=1S/C24H25FN4O3/c25-21-12-16(15-4-5-20-17(10-15)6-8-29-22(20)30)2-3-18(21)11-19(13-26)24(23(27)31)14-28-7-1-9-32-24/h2-5,10,12,19,28H,1,6-9,11,14H2,(H2,27,31)(H,29,30)/t19-,24?/m0/s1. The van der Waals surface area contributed by atoms with E-state index in [4.69, 9.17) is 10.5 Å². The molecule has 2 amide bonds. The number of nitriles is 1. The van der Waals surface area contributed by atoms with E-state index in [1.807, 2.05) is 6.07 Å². The Morgan fingerprint density at radius 1 is 1.25 bits per heavy atom. The number of amides is 2. The molecule has 0 spiro atoms. The highest BCUT2D eigenvalue weighted by molar-refractivity contribution is 5.97. The molecule has 2 aliphatic heterocycles. The molecule has 2 aromatic rings. The van der Waals surface area contributed by atoms with Gasteiger partial charge in [0.25, 0.3) is 11.8 Å². The number of hydrogen-bond donors (Lipinski definition) is 3. The molecule has 32 heavy (non-hydrogen) atoms. The van der Waals surface area contributed by atoms with Gasteiger partial charge in [-0.3, -0.25) is 9.59 Å². The molecule has 166 valence electrons. The number of nitrogens with one attached hydrogen (secondary N) is 2. The summed E-state index contributed by atoms with van der Waals surface area (Å²) < 4.78 is 20.8. The molecular weight excluding hydrogens is 411 g/mol. The number of carbonyl (C=O) groups is 2. The topological polar surface area (TPSA) is 117 Å². The number of primary amides is 1. The summed E-state index contributed by atoms with van der Waals surface area (Å²) in [5, 5.41) is 15.7. The number of rotatable bonds is 5. The monoisotopic (exact) mass is 436 g/mol. The maximum absolute atomic E-state index is 15.1. The molecule has 2 heterocycles. The van der Waals surface area contributed by atoms with Gasteiger partial charge in [0.15, 0.2) is 5.60 Å². The summed E-state index contributed by atoms with van der Waals surface area (Å²) in [5.41, 5.74) is 7.49. The molecule has 4 N–H and O–H groups in total. The van der Waals surface area contributed by atoms with E-state index in [2.05, 4.69) is 16.7 Å². The first-order valence-electron chi connectivity index (χ1n) is 10.7. The van der Waals surface area contributed by atoms with Crippen molar-refractivity contribution < 1.29 is 18.7 Å². The van der Waals surface area contributed by atoms with Crippen LogP contribution in [0, 0.1) is 23.1 Å². The Bertz CT molecular complexity index is 1090. The van der Waals surface area contributed by atoms with Gasteiger partial charge in [-0.25, -0.2) is 4.39 Å². The minimum absolute atomic E-state index is 0.00239. The maximum Gasteiger partial charge on any atom is 0.252 e. The molecule has 0 aliphatic carbocycles. The van der Waals surface area contributed by atoms with E-state index in [9.17, 15) is 14.9 Å². The zero-order chi connectivity index (χ0) is 22.7. The third-order valence-corrected chi connectivity index (χ3v) is 6.22. The highest BCUT2D eigenvalue weighted by Gasteiger charge is 2.46. The molecule has 4 rings (SSSR count). The van der Waals surface area contributed by atoms with Gasteiger partial charge in [-0.1, -0.05) is 24.3 Å². The van der Waals surface area contributed by atoms with E-state index in [1.165, 1.54) is 6.07 Å². The van der Waals surface area contributed by atoms with Crippen LogP contribution >= 0.6 is 0 Å². The first kappa shape index (κ1) is 21.9. The summed E-state index contributed by atoms with van der Waals surface area (Å²) >= 11 is 0. The summed E-state index contributed by atoms with van der Waals surface area (Å²) in [6.07, 6.45) is 1.42. The van der Waals surface area contributed by atoms with Crippen molar-refractivity contribution in [3.63, 3.8) is 0 Å². The van der Waals surface area contributed by atoms with Crippen molar-refractivity contribution in [1.29, 1.82) is 5.26 Å². The SMILES string of the molecule is N#C[C@H](Cc1ccc(-c2ccc3c(c2)CCNC3=O)cc1F)C1(C(N)=O)CNCCCO1. The number of benzene rings is 2. The van der Waals surface area contributed by atoms with Crippen LogP contribution in [-0.2, 0) is 22.4 Å². The quantitative estimate of drug-likeness (QED) is 0.660. The minimum atomic E-state index is -1.50. The molecule has 2 atom stereocenters. The van der Waals surface area contributed by atoms with Gasteiger partial charge in [-0.2, -0.15) is 5.26 Å². The van der Waals surface area contributed by atoms with Crippen molar-refractivity contribution in [3.8, 4) is 17.2 Å². The van der Waals surface area contributed by atoms with Crippen molar-refractivity contribution in [2.45, 2.75) is 24.9 Å². The van der Waals surface area contributed by atoms with Crippen LogP contribution in [0.15, 0.2) is 36.4 Å². The predicted molar refractivity (Wildman–Crippen MR) is 116 cm³/mol. The zero-order valence-electron chi connectivity index (χ0n) is 17.6. The predicted octanol–water partition coefficient (Wildman–Crippen LogP) is 1.69. The van der Waals surface area contributed by atoms with E-state index in [0.29, 0.717) is 42.8 Å². The molecule has 1 unspecified atom stereocenters. The maximum atomic E-state index is 15.1. The highest BCUT2D eigenvalue weighted by atomic mass is 19.1. The highest BCUT2D eigenvalue weighted by Crippen LogP contribution is 2.30. The second-order valence-corrected chi connectivity index (χ2v) is 8.20. The first-order chi connectivity index (χ1) is 15.4. The van der Waals surface area contributed by atoms with Crippen LogP contribution in [0.1, 0.15) is 27.9 Å². The number of carbonyl (C=O) groups excluding carboxylic acids is 2. The molecular formula is C24H25FN4O3. The lowest BCUT2D eigenvalue weighted by Gasteiger charge is -2.33. The van der Waals surface area contributed by atoms with Crippen LogP contribution in [0.3, 0.4) is 0 Å². The van der Waals surface area contributed by atoms with E-state index in [1.54, 1.807) is 24.3 Å². The molecule has 0 radical (unpaired) electrons. The Labute approximate surface area is 185 Å². The Morgan fingerprint density at radius 3 is 2.78 bits per heavy atom. The second kappa shape index (κ2) is 9.07. The lowest BCUT2D eigenvalue weighted by Crippen LogP contribution is -2.57. The number of nitrogens with two attached hydrogens (primary N) is 1. The van der Waals surface area contributed by atoms with Gasteiger partial charge >= 0.3 is 0 Å². The van der Waals surface area contributed by atoms with E-state index >= 15 is 4.39 Å². The molecule has 8 heteroatoms. The number of nitrogens with zero attached hydrogens (tertiary/aromatic N) is 1. The summed E-state index contributed by atoms with van der Waals surface area (Å²) in [5.74, 6) is -2.23. The Morgan fingerprint density at radius 2 is 2.03 bits per heavy atom. The molecule has 2 aromatic carbocycles. The summed E-state index contributed by atoms with van der Waals surface area (Å²) in [6, 6.07) is 12.4. The minimum Gasteiger partial charge on any atom is -0.367 e. The largest absolute Gasteiger partial charge is 0.367 e. The van der Waals surface area contributed by atoms with Crippen LogP contribution in [0.5, 0.6) is 0 Å². The molecule has 0 aromatic heterocycles. The number of fused-ring (bicyclic) bond motifs is 1. The molecule has 1 fully saturated rings. The smallest absolute Gasteiger partial charge is 0.252 e. The normalized spacial score (nSPS) is 21.6. The van der Waals surface area contributed by atoms with Gasteiger partial charge in [0, 0.05) is 25.3 Å². The fraction of sp³-hybridized carbons (Fsp3) is 0.375. The molecule has 1 saturated heterocycles. The van der Waals surface area contributed by atoms with E-state index in [0.717, 1.165) is 17.5 Å². The van der Waals surface area contributed by atoms with Gasteiger partial charge in [0.1, 0.15) is 5.82 Å². The second-order valence-electron chi connectivity index (χ2n) is 8.20. The van der Waals surface area contributed by atoms with E-state index < -0.39 is 23.2 Å². The van der Waals surface area contributed by atoms with Gasteiger partial charge < -0.3 is 21.1 Å². The first-order valence-corrected chi connectivity index (χ1v) is 10.7. The average Bonchev–Trinajstić information content (AvgIpc) is 3.05. The van der Waals surface area contributed by atoms with Crippen LogP contribution in [0.25, 0.3) is 11.1 Å². The molecule has 0 bridgehead atoms. The Balaban J connectivity index is 1.60. The molecule has 2 aliphatic rings. The van der Waals surface area contributed by atoms with Crippen molar-refractivity contribution in [2.24, 2.45) is 11.7 Å². The third-order valence-electron chi connectivity index (χ3n) is 6.22. The van der Waals surface area contributed by atoms with Gasteiger partial charge in [-0.15, -0.1) is 0 Å². The van der Waals surface area contributed by atoms with Gasteiger partial charge in [0.2, 0.25) is 0 Å². The van der Waals surface area contributed by atoms with E-state index in [-0.39, 0.29) is 18.9 Å². The lowest BCUT2D eigenvalue weighted by atomic mass is 9.82. The average molecular weight is 436 g/mol. The number of hydrogen-bond acceptors (Lipinski definition) is 5. The molecule has 0 saturated carbocycles. The van der Waals surface area contributed by atoms with Crippen LogP contribution in [0.4, 0.5) is 4.39 Å². The lowest BCUT2D eigenvalue weighted by molar-refractivity contribution is -0.147. The van der Waals surface area contributed by atoms with Crippen molar-refractivity contribution in [3.05, 3.63) is 58.9 Å². The van der Waals surface area contributed by atoms with Gasteiger partial charge in [-0.05, 0) is 60.2 Å². The number of ether oxygens (including phenoxy) is 1. The van der Waals surface area contributed by atoms with Crippen molar-refractivity contribution in [2.75, 3.05) is 26.2 Å². The Hall–Kier alpha value is -3.28. The fourth-order valence-electron chi connectivity index (χ4n) is 4.37. The summed E-state index contributed by atoms with van der Waals surface area (Å²) in [4.78, 5) is 24.2. The fourth-order valence-corrected chi connectivity index (χ4v) is 4.37. The van der Waals surface area contributed by atoms with Gasteiger partial charge in [0.05, 0.1) is 12.0 Å².